The second-order valence-corrected chi connectivity index (χ2v) is 10.1. The molecular formula is C24H21BClN5O11S. The second-order valence-electron chi connectivity index (χ2n) is 8.86. The molecule has 9 N–H and O–H groups in total. The van der Waals surface area contributed by atoms with Gasteiger partial charge in [0.05, 0.1) is 22.1 Å². The monoisotopic (exact) mass is 633 g/mol. The summed E-state index contributed by atoms with van der Waals surface area (Å²) < 4.78 is 5.37. The topological polar surface area (TPSA) is 263 Å². The Kier molecular flexibility index (Phi) is 9.23. The number of phenols is 2. The number of aliphatic carboxylic acids is 1. The Bertz CT molecular complexity index is 1630. The normalized spacial score (nSPS) is 15.1. The lowest BCUT2D eigenvalue weighted by atomic mass is 9.72. The largest absolute Gasteiger partial charge is 0.547 e. The number of carboxylic acid groups (broad SMARTS) is 2. The van der Waals surface area contributed by atoms with Gasteiger partial charge in [0, 0.05) is 5.38 Å². The number of aromatic hydroxyl groups is 2. The molecule has 0 fully saturated rings. The number of hydrogen-bond acceptors (Lipinski definition) is 13. The predicted molar refractivity (Wildman–Crippen MR) is 150 cm³/mol. The number of aromatic nitrogens is 1. The van der Waals surface area contributed by atoms with Gasteiger partial charge >= 0.3 is 19.1 Å². The number of carboxylic acids is 2. The number of nitrogens with zero attached hydrogens (tertiary/aromatic N) is 2. The highest BCUT2D eigenvalue weighted by Crippen LogP contribution is 2.35. The van der Waals surface area contributed by atoms with E-state index in [0.717, 1.165) is 23.5 Å². The number of hydrogen-bond donors (Lipinski definition) is 8. The smallest absolute Gasteiger partial charge is 0.534 e. The lowest BCUT2D eigenvalue weighted by molar-refractivity contribution is -0.140. The van der Waals surface area contributed by atoms with Gasteiger partial charge in [0.25, 0.3) is 11.8 Å². The fourth-order valence-electron chi connectivity index (χ4n) is 3.87. The molecule has 43 heavy (non-hydrogen) atoms. The highest BCUT2D eigenvalue weighted by molar-refractivity contribution is 7.13. The number of nitrogens with one attached hydrogen (secondary N) is 2. The molecular weight excluding hydrogens is 613 g/mol. The van der Waals surface area contributed by atoms with Crippen LogP contribution in [-0.2, 0) is 20.8 Å². The Morgan fingerprint density at radius 3 is 2.60 bits per heavy atom. The fraction of sp³-hybridized carbons (Fsp3) is 0.167. The van der Waals surface area contributed by atoms with Crippen LogP contribution in [0.3, 0.4) is 0 Å². The minimum absolute atomic E-state index is 0.0147. The van der Waals surface area contributed by atoms with Crippen LogP contribution in [0.5, 0.6) is 17.2 Å². The number of benzene rings is 2. The summed E-state index contributed by atoms with van der Waals surface area (Å²) in [5.74, 6) is -7.25. The number of para-hydroxylation sites is 1. The molecule has 2 aromatic carbocycles. The standard InChI is InChI=1S/C24H21BClN5O11S/c26-16-10(4-5-14(32)18(16)33)20(34)28-12(23(38)39)7-41-31-17(13-8-43-24(27)29-13)21(35)30-15-6-9-2-1-3-11(22(36)37)19(9)42-25(15)40/h1-5,8,12,15,32-33,40H,6-7H2,(H2,27,29)(H,28,34)(H,30,35)(H,36,37)(H,38,39)/b31-17-/t12?,15-/m0/s1. The van der Waals surface area contributed by atoms with Gasteiger partial charge < -0.3 is 51.3 Å². The number of phenolic OH excluding ortho intramolecular Hbond substituents is 2. The Labute approximate surface area is 250 Å². The van der Waals surface area contributed by atoms with Gasteiger partial charge in [-0.2, -0.15) is 0 Å². The minimum atomic E-state index is -1.72. The molecule has 4 rings (SSSR count). The van der Waals surface area contributed by atoms with Crippen molar-refractivity contribution in [1.29, 1.82) is 0 Å². The van der Waals surface area contributed by atoms with E-state index in [1.165, 1.54) is 17.5 Å². The summed E-state index contributed by atoms with van der Waals surface area (Å²) >= 11 is 6.83. The Balaban J connectivity index is 1.50. The lowest BCUT2D eigenvalue weighted by Crippen LogP contribution is -2.54. The van der Waals surface area contributed by atoms with E-state index in [1.54, 1.807) is 6.07 Å². The molecule has 2 heterocycles. The van der Waals surface area contributed by atoms with Crippen LogP contribution < -0.4 is 21.0 Å². The summed E-state index contributed by atoms with van der Waals surface area (Å²) in [6.07, 6.45) is -0.0147. The molecule has 1 aromatic heterocycles. The van der Waals surface area contributed by atoms with Gasteiger partial charge in [0.1, 0.15) is 18.1 Å². The molecule has 0 saturated carbocycles. The number of nitrogen functional groups attached to an aromatic ring is 1. The first-order valence-corrected chi connectivity index (χ1v) is 13.3. The summed E-state index contributed by atoms with van der Waals surface area (Å²) in [4.78, 5) is 58.1. The van der Waals surface area contributed by atoms with E-state index in [2.05, 4.69) is 20.8 Å². The quantitative estimate of drug-likeness (QED) is 0.0644. The minimum Gasteiger partial charge on any atom is -0.534 e. The molecule has 1 aliphatic heterocycles. The zero-order valence-corrected chi connectivity index (χ0v) is 23.1. The molecule has 0 spiro atoms. The molecule has 16 nitrogen and oxygen atoms in total. The van der Waals surface area contributed by atoms with Crippen LogP contribution in [0.1, 0.15) is 32.0 Å². The first-order valence-electron chi connectivity index (χ1n) is 12.0. The van der Waals surface area contributed by atoms with Crippen LogP contribution in [0.15, 0.2) is 40.9 Å². The molecule has 0 aliphatic carbocycles. The number of fused-ring (bicyclic) bond motifs is 1. The van der Waals surface area contributed by atoms with E-state index in [-0.39, 0.29) is 34.1 Å². The Morgan fingerprint density at radius 2 is 1.95 bits per heavy atom. The number of aromatic carboxylic acids is 1. The van der Waals surface area contributed by atoms with Gasteiger partial charge in [-0.3, -0.25) is 9.59 Å². The van der Waals surface area contributed by atoms with Gasteiger partial charge in [-0.15, -0.1) is 11.3 Å². The van der Waals surface area contributed by atoms with Crippen molar-refractivity contribution < 1.29 is 54.1 Å². The second kappa shape index (κ2) is 12.8. The summed E-state index contributed by atoms with van der Waals surface area (Å²) in [5.41, 5.74) is 5.06. The molecule has 224 valence electrons. The van der Waals surface area contributed by atoms with Crippen molar-refractivity contribution in [1.82, 2.24) is 15.6 Å². The molecule has 0 radical (unpaired) electrons. The van der Waals surface area contributed by atoms with Crippen LogP contribution in [0.2, 0.25) is 5.02 Å². The summed E-state index contributed by atoms with van der Waals surface area (Å²) in [6, 6.07) is 4.67. The SMILES string of the molecule is Nc1nc(/C(=N/OCC(NC(=O)c2ccc(O)c(O)c2Cl)C(=O)O)C(=O)N[C@H]2Cc3cccc(C(=O)O)c3OB2O)cs1. The summed E-state index contributed by atoms with van der Waals surface area (Å²) in [7, 11) is -1.64. The highest BCUT2D eigenvalue weighted by Gasteiger charge is 2.39. The third-order valence-electron chi connectivity index (χ3n) is 5.99. The Morgan fingerprint density at radius 1 is 1.21 bits per heavy atom. The maximum Gasteiger partial charge on any atom is 0.547 e. The van der Waals surface area contributed by atoms with Crippen LogP contribution >= 0.6 is 22.9 Å². The van der Waals surface area contributed by atoms with E-state index < -0.39 is 71.7 Å². The first kappa shape index (κ1) is 30.9. The molecule has 2 atom stereocenters. The van der Waals surface area contributed by atoms with Gasteiger partial charge in [-0.05, 0) is 30.2 Å². The number of amides is 2. The van der Waals surface area contributed by atoms with E-state index in [4.69, 9.17) is 26.8 Å². The van der Waals surface area contributed by atoms with Crippen molar-refractivity contribution >= 4 is 64.7 Å². The molecule has 3 aromatic rings. The van der Waals surface area contributed by atoms with Crippen molar-refractivity contribution in [3.8, 4) is 17.2 Å². The third-order valence-corrected chi connectivity index (χ3v) is 7.04. The molecule has 19 heteroatoms. The zero-order chi connectivity index (χ0) is 31.4. The summed E-state index contributed by atoms with van der Waals surface area (Å²) in [6.45, 7) is -0.792. The maximum absolute atomic E-state index is 13.2. The van der Waals surface area contributed by atoms with E-state index in [1.807, 2.05) is 0 Å². The van der Waals surface area contributed by atoms with Crippen molar-refractivity contribution in [2.24, 2.45) is 5.16 Å². The first-order chi connectivity index (χ1) is 20.4. The van der Waals surface area contributed by atoms with Gasteiger partial charge in [0.2, 0.25) is 0 Å². The molecule has 0 saturated heterocycles. The molecule has 1 aliphatic rings. The number of thiazole rings is 1. The van der Waals surface area contributed by atoms with Crippen LogP contribution in [0.25, 0.3) is 0 Å². The van der Waals surface area contributed by atoms with Crippen LogP contribution in [-0.4, -0.2) is 85.6 Å². The number of halogens is 1. The predicted octanol–water partition coefficient (Wildman–Crippen LogP) is 0.232. The van der Waals surface area contributed by atoms with E-state index in [0.29, 0.717) is 5.56 Å². The zero-order valence-electron chi connectivity index (χ0n) is 21.6. The highest BCUT2D eigenvalue weighted by atomic mass is 35.5. The fourth-order valence-corrected chi connectivity index (χ4v) is 4.66. The lowest BCUT2D eigenvalue weighted by Gasteiger charge is -2.28. The third kappa shape index (κ3) is 6.88. The molecule has 1 unspecified atom stereocenters. The van der Waals surface area contributed by atoms with Crippen molar-refractivity contribution in [3.05, 3.63) is 63.1 Å². The number of carbonyl (C=O) groups excluding carboxylic acids is 2. The Hall–Kier alpha value is -5.07. The average molecular weight is 634 g/mol. The van der Waals surface area contributed by atoms with Crippen molar-refractivity contribution in [2.75, 3.05) is 12.3 Å². The number of rotatable bonds is 10. The van der Waals surface area contributed by atoms with E-state index in [9.17, 15) is 44.6 Å². The van der Waals surface area contributed by atoms with Crippen LogP contribution in [0.4, 0.5) is 5.13 Å². The number of carbonyl (C=O) groups is 4. The average Bonchev–Trinajstić information content (AvgIpc) is 3.38. The number of nitrogens with two attached hydrogens (primary N) is 1. The van der Waals surface area contributed by atoms with E-state index >= 15 is 0 Å². The van der Waals surface area contributed by atoms with Crippen LogP contribution in [0, 0.1) is 0 Å². The number of oxime groups is 1. The van der Waals surface area contributed by atoms with Gasteiger partial charge in [-0.25, -0.2) is 14.6 Å². The summed E-state index contributed by atoms with van der Waals surface area (Å²) in [5, 5.41) is 57.9. The van der Waals surface area contributed by atoms with Crippen molar-refractivity contribution in [2.45, 2.75) is 18.4 Å². The maximum atomic E-state index is 13.2. The molecule has 0 bridgehead atoms. The van der Waals surface area contributed by atoms with Gasteiger partial charge in [0.15, 0.2) is 28.4 Å². The molecule has 2 amide bonds. The van der Waals surface area contributed by atoms with Crippen molar-refractivity contribution in [3.63, 3.8) is 0 Å². The van der Waals surface area contributed by atoms with Gasteiger partial charge in [-0.1, -0.05) is 28.9 Å². The number of anilines is 1.